The van der Waals surface area contributed by atoms with Crippen LogP contribution in [0.5, 0.6) is 0 Å². The first kappa shape index (κ1) is 95.4. The van der Waals surface area contributed by atoms with Crippen molar-refractivity contribution in [3.05, 3.63) is 0 Å². The maximum absolute atomic E-state index is 11.0. The number of aliphatic hydroxyl groups is 7. The minimum atomic E-state index is -1.76. The normalized spacial score (nSPS) is 24.9. The highest BCUT2D eigenvalue weighted by atomic mass is 16.7. The Bertz CT molecular complexity index is 1700. The Labute approximate surface area is 613 Å². The number of hydrogen-bond acceptors (Lipinski definition) is 17. The summed E-state index contributed by atoms with van der Waals surface area (Å²) in [6.45, 7) is 39.8. The smallest absolute Gasteiger partial charge is 0.187 e. The Morgan fingerprint density at radius 3 is 0.840 bits per heavy atom. The van der Waals surface area contributed by atoms with Gasteiger partial charge < -0.3 is 83.1 Å². The molecule has 2 fully saturated rings. The van der Waals surface area contributed by atoms with E-state index in [1.807, 2.05) is 0 Å². The van der Waals surface area contributed by atoms with Gasteiger partial charge in [-0.2, -0.15) is 0 Å². The lowest BCUT2D eigenvalue weighted by molar-refractivity contribution is -0.359. The Balaban J connectivity index is 2.05. The molecule has 2 saturated heterocycles. The van der Waals surface area contributed by atoms with Crippen LogP contribution in [0.25, 0.3) is 0 Å². The van der Waals surface area contributed by atoms with Crippen molar-refractivity contribution < 1.29 is 83.1 Å². The lowest BCUT2D eigenvalue weighted by atomic mass is 9.90. The molecular weight excluding hydrogens is 1270 g/mol. The fourth-order valence-corrected chi connectivity index (χ4v) is 14.4. The third-order valence-corrected chi connectivity index (χ3v) is 21.9. The van der Waals surface area contributed by atoms with Crippen LogP contribution in [0.3, 0.4) is 0 Å². The molecule has 0 aromatic carbocycles. The van der Waals surface area contributed by atoms with E-state index in [1.54, 1.807) is 0 Å². The summed E-state index contributed by atoms with van der Waals surface area (Å²) in [5.74, 6) is 8.94. The molecule has 2 rings (SSSR count). The Morgan fingerprint density at radius 1 is 0.270 bits per heavy atom. The van der Waals surface area contributed by atoms with Gasteiger partial charge in [-0.25, -0.2) is 0 Å². The van der Waals surface area contributed by atoms with Crippen LogP contribution in [0.4, 0.5) is 0 Å². The van der Waals surface area contributed by atoms with E-state index in [1.165, 1.54) is 173 Å². The van der Waals surface area contributed by atoms with Gasteiger partial charge in [-0.05, 0) is 90.3 Å². The summed E-state index contributed by atoms with van der Waals surface area (Å²) in [6.07, 6.45) is 23.4. The molecule has 0 bridgehead atoms. The highest BCUT2D eigenvalue weighted by Crippen LogP contribution is 2.32. The fourth-order valence-electron chi connectivity index (χ4n) is 14.4. The first-order valence-corrected chi connectivity index (χ1v) is 41.5. The zero-order valence-electron chi connectivity index (χ0n) is 67.2. The highest BCUT2D eigenvalue weighted by Gasteiger charge is 2.51. The van der Waals surface area contributed by atoms with Crippen LogP contribution in [0.2, 0.25) is 0 Å². The molecule has 0 aromatic rings. The van der Waals surface area contributed by atoms with Crippen molar-refractivity contribution in [1.29, 1.82) is 0 Å². The molecule has 19 atom stereocenters. The average molecular weight is 1430 g/mol. The van der Waals surface area contributed by atoms with Gasteiger partial charge >= 0.3 is 0 Å². The van der Waals surface area contributed by atoms with E-state index in [2.05, 4.69) is 104 Å². The molecule has 100 heavy (non-hydrogen) atoms. The summed E-state index contributed by atoms with van der Waals surface area (Å²) < 4.78 is 60.9. The first-order valence-electron chi connectivity index (χ1n) is 41.5. The monoisotopic (exact) mass is 1430 g/mol. The Kier molecular flexibility index (Phi) is 55.7. The molecule has 598 valence electrons. The van der Waals surface area contributed by atoms with Crippen molar-refractivity contribution in [2.75, 3.05) is 99.1 Å². The molecule has 0 aliphatic carbocycles. The predicted molar refractivity (Wildman–Crippen MR) is 405 cm³/mol. The van der Waals surface area contributed by atoms with Crippen LogP contribution in [-0.4, -0.2) is 196 Å². The van der Waals surface area contributed by atoms with Gasteiger partial charge in [0.1, 0.15) is 48.8 Å². The molecule has 2 aliphatic rings. The second-order valence-corrected chi connectivity index (χ2v) is 34.2. The molecule has 7 N–H and O–H groups in total. The Hall–Kier alpha value is -0.680. The first-order chi connectivity index (χ1) is 47.8. The van der Waals surface area contributed by atoms with Crippen LogP contribution < -0.4 is 0 Å². The summed E-state index contributed by atoms with van der Waals surface area (Å²) in [5, 5.41) is 72.5. The van der Waals surface area contributed by atoms with Crippen molar-refractivity contribution in [2.45, 2.75) is 358 Å². The molecule has 0 saturated carbocycles. The SMILES string of the molecule is CC(C)CCCC(C)CCCC(C)CCCC(C)CCOCC(COCCOCCOCCO[C@@H]1O[C@H](CO)[C@@H](O[C@@H]2O[C@H](CO)[C@H](O)[C@H](O)[C@H]2O)[C@H](O)[C@H]1O)(COCCC(C)CCCC(C)CCCC(C)CCCC(C)C)COCCC(C)CCCC(C)CCCC(C)CCCC(C)C. The summed E-state index contributed by atoms with van der Waals surface area (Å²) >= 11 is 0. The maximum Gasteiger partial charge on any atom is 0.187 e. The van der Waals surface area contributed by atoms with Crippen LogP contribution in [0, 0.1) is 76.4 Å². The van der Waals surface area contributed by atoms with E-state index in [0.29, 0.717) is 83.8 Å². The molecule has 2 heterocycles. The average Bonchev–Trinajstić information content (AvgIpc) is 0.788. The zero-order chi connectivity index (χ0) is 74.1. The lowest BCUT2D eigenvalue weighted by Crippen LogP contribution is -2.64. The molecule has 0 aromatic heterocycles. The van der Waals surface area contributed by atoms with Crippen molar-refractivity contribution in [1.82, 2.24) is 0 Å². The van der Waals surface area contributed by atoms with Gasteiger partial charge in [-0.3, -0.25) is 0 Å². The maximum atomic E-state index is 11.0. The predicted octanol–water partition coefficient (Wildman–Crippen LogP) is 16.1. The fraction of sp³-hybridized carbons (Fsp3) is 1.00. The van der Waals surface area contributed by atoms with Crippen LogP contribution in [-0.2, 0) is 47.4 Å². The molecule has 17 nitrogen and oxygen atoms in total. The van der Waals surface area contributed by atoms with Crippen LogP contribution >= 0.6 is 0 Å². The topological polar surface area (TPSA) is 234 Å². The third-order valence-electron chi connectivity index (χ3n) is 21.9. The van der Waals surface area contributed by atoms with E-state index in [4.69, 9.17) is 47.4 Å². The van der Waals surface area contributed by atoms with Gasteiger partial charge in [-0.15, -0.1) is 0 Å². The second kappa shape index (κ2) is 58.4. The van der Waals surface area contributed by atoms with Gasteiger partial charge in [0, 0.05) is 19.8 Å². The van der Waals surface area contributed by atoms with E-state index in [9.17, 15) is 35.7 Å². The molecule has 17 heteroatoms. The van der Waals surface area contributed by atoms with Gasteiger partial charge in [0.25, 0.3) is 0 Å². The van der Waals surface area contributed by atoms with Gasteiger partial charge in [0.2, 0.25) is 0 Å². The van der Waals surface area contributed by atoms with Gasteiger partial charge in [0.05, 0.1) is 84.7 Å². The van der Waals surface area contributed by atoms with Crippen LogP contribution in [0.15, 0.2) is 0 Å². The molecule has 0 amide bonds. The number of rotatable bonds is 67. The van der Waals surface area contributed by atoms with Gasteiger partial charge in [0.15, 0.2) is 12.6 Å². The summed E-state index contributed by atoms with van der Waals surface area (Å²) in [5.41, 5.74) is -0.510. The van der Waals surface area contributed by atoms with E-state index < -0.39 is 80.0 Å². The summed E-state index contributed by atoms with van der Waals surface area (Å²) in [4.78, 5) is 0. The number of hydrogen-bond donors (Lipinski definition) is 7. The van der Waals surface area contributed by atoms with E-state index >= 15 is 0 Å². The molecule has 0 radical (unpaired) electrons. The van der Waals surface area contributed by atoms with E-state index in [-0.39, 0.29) is 19.8 Å². The highest BCUT2D eigenvalue weighted by molar-refractivity contribution is 4.94. The molecule has 2 aliphatic heterocycles. The van der Waals surface area contributed by atoms with E-state index in [0.717, 1.165) is 72.5 Å². The van der Waals surface area contributed by atoms with Crippen molar-refractivity contribution in [3.8, 4) is 0 Å². The lowest BCUT2D eigenvalue weighted by Gasteiger charge is -2.45. The molecule has 9 unspecified atom stereocenters. The standard InChI is InChI=1S/C83H164O17/c1-61(2)25-16-28-64(7)31-19-34-67(10)37-22-40-70(13)43-46-93-57-83(58-94-47-44-71(14)41-23-38-68(11)35-20-32-65(8)29-17-26-62(3)4,59-95-48-45-72(15)42-24-39-69(12)36-21-33-66(9)30-18-27-63(5)6)60-96-52-51-91-49-50-92-53-54-97-81-79(90)77(88)80(74(56-85)99-81)100-82-78(89)76(87)75(86)73(55-84)98-82/h61-82,84-90H,16-60H2,1-15H3/t64?,65?,66?,67?,68?,69?,70?,71?,72?,73-,74-,75+,76+,77-,78-,79-,80-,81-,82+,83?/m1/s1. The second-order valence-electron chi connectivity index (χ2n) is 34.2. The summed E-state index contributed by atoms with van der Waals surface area (Å²) in [7, 11) is 0. The largest absolute Gasteiger partial charge is 0.394 e. The van der Waals surface area contributed by atoms with Crippen molar-refractivity contribution in [2.24, 2.45) is 76.4 Å². The third kappa shape index (κ3) is 45.9. The summed E-state index contributed by atoms with van der Waals surface area (Å²) in [6, 6.07) is 0. The molecular formula is C83H164O17. The Morgan fingerprint density at radius 2 is 0.530 bits per heavy atom. The van der Waals surface area contributed by atoms with Crippen molar-refractivity contribution in [3.63, 3.8) is 0 Å². The minimum Gasteiger partial charge on any atom is -0.394 e. The molecule has 0 spiro atoms. The minimum absolute atomic E-state index is 0.0215. The van der Waals surface area contributed by atoms with Crippen LogP contribution in [0.1, 0.15) is 296 Å². The number of aliphatic hydroxyl groups excluding tert-OH is 7. The quantitative estimate of drug-likeness (QED) is 0.0281. The number of ether oxygens (including phenoxy) is 10. The van der Waals surface area contributed by atoms with Gasteiger partial charge in [-0.1, -0.05) is 277 Å². The van der Waals surface area contributed by atoms with Crippen molar-refractivity contribution >= 4 is 0 Å². The zero-order valence-corrected chi connectivity index (χ0v) is 67.2.